The molecular formula is C9H12N2O. The predicted octanol–water partition coefficient (Wildman–Crippen LogP) is 1.33. The molecule has 1 aliphatic carbocycles. The number of aliphatic hydroxyl groups is 1. The van der Waals surface area contributed by atoms with Crippen molar-refractivity contribution >= 4 is 0 Å². The van der Waals surface area contributed by atoms with E-state index in [0.717, 1.165) is 23.4 Å². The van der Waals surface area contributed by atoms with Crippen LogP contribution in [0, 0.1) is 6.92 Å². The first-order valence-corrected chi connectivity index (χ1v) is 4.19. The molecule has 1 heterocycles. The Bertz CT molecular complexity index is 311. The predicted molar refractivity (Wildman–Crippen MR) is 44.8 cm³/mol. The summed E-state index contributed by atoms with van der Waals surface area (Å²) in [6, 6.07) is 0. The van der Waals surface area contributed by atoms with Gasteiger partial charge in [0.05, 0.1) is 11.8 Å². The van der Waals surface area contributed by atoms with E-state index in [9.17, 15) is 5.11 Å². The molecule has 0 radical (unpaired) electrons. The van der Waals surface area contributed by atoms with Gasteiger partial charge in [-0.05, 0) is 19.3 Å². The van der Waals surface area contributed by atoms with Gasteiger partial charge in [-0.25, -0.2) is 9.97 Å². The molecule has 0 aliphatic heterocycles. The molecule has 0 saturated heterocycles. The Morgan fingerprint density at radius 3 is 2.92 bits per heavy atom. The smallest absolute Gasteiger partial charge is 0.116 e. The Morgan fingerprint density at radius 1 is 1.50 bits per heavy atom. The van der Waals surface area contributed by atoms with Gasteiger partial charge in [0.15, 0.2) is 0 Å². The number of aryl methyl sites for hydroxylation is 1. The van der Waals surface area contributed by atoms with Crippen molar-refractivity contribution in [1.29, 1.82) is 0 Å². The van der Waals surface area contributed by atoms with Gasteiger partial charge in [0.2, 0.25) is 0 Å². The van der Waals surface area contributed by atoms with E-state index in [1.54, 1.807) is 0 Å². The van der Waals surface area contributed by atoms with Gasteiger partial charge in [-0.2, -0.15) is 0 Å². The van der Waals surface area contributed by atoms with Gasteiger partial charge in [0, 0.05) is 11.3 Å². The van der Waals surface area contributed by atoms with Crippen LogP contribution >= 0.6 is 0 Å². The first-order chi connectivity index (χ1) is 5.70. The average Bonchev–Trinajstić information content (AvgIpc) is 2.29. The van der Waals surface area contributed by atoms with Crippen LogP contribution < -0.4 is 0 Å². The summed E-state index contributed by atoms with van der Waals surface area (Å²) in [7, 11) is 0. The van der Waals surface area contributed by atoms with E-state index < -0.39 is 0 Å². The fraction of sp³-hybridized carbons (Fsp3) is 0.556. The van der Waals surface area contributed by atoms with Crippen molar-refractivity contribution in [3.05, 3.63) is 23.3 Å². The molecule has 0 aromatic carbocycles. The van der Waals surface area contributed by atoms with E-state index in [0.29, 0.717) is 5.92 Å². The second-order valence-electron chi connectivity index (χ2n) is 3.41. The number of rotatable bonds is 0. The van der Waals surface area contributed by atoms with E-state index in [-0.39, 0.29) is 6.10 Å². The van der Waals surface area contributed by atoms with Crippen molar-refractivity contribution in [2.45, 2.75) is 32.3 Å². The molecule has 2 rings (SSSR count). The molecule has 0 bridgehead atoms. The molecular weight excluding hydrogens is 152 g/mol. The molecule has 1 aromatic heterocycles. The maximum Gasteiger partial charge on any atom is 0.116 e. The lowest BCUT2D eigenvalue weighted by Gasteiger charge is -2.04. The Balaban J connectivity index is 2.59. The Morgan fingerprint density at radius 2 is 2.25 bits per heavy atom. The summed E-state index contributed by atoms with van der Waals surface area (Å²) in [5.74, 6) is 0.399. The van der Waals surface area contributed by atoms with Crippen LogP contribution in [0.15, 0.2) is 6.33 Å². The van der Waals surface area contributed by atoms with Crippen molar-refractivity contribution in [2.24, 2.45) is 0 Å². The largest absolute Gasteiger partial charge is 0.387 e. The van der Waals surface area contributed by atoms with Crippen LogP contribution in [0.1, 0.15) is 42.3 Å². The van der Waals surface area contributed by atoms with Gasteiger partial charge >= 0.3 is 0 Å². The van der Waals surface area contributed by atoms with E-state index >= 15 is 0 Å². The van der Waals surface area contributed by atoms with Crippen LogP contribution in [0.2, 0.25) is 0 Å². The van der Waals surface area contributed by atoms with Gasteiger partial charge in [0.1, 0.15) is 6.33 Å². The van der Waals surface area contributed by atoms with Gasteiger partial charge in [-0.3, -0.25) is 0 Å². The highest BCUT2D eigenvalue weighted by molar-refractivity contribution is 5.33. The maximum atomic E-state index is 9.59. The summed E-state index contributed by atoms with van der Waals surface area (Å²) in [4.78, 5) is 8.20. The maximum absolute atomic E-state index is 9.59. The molecule has 1 aliphatic rings. The molecule has 0 unspecified atom stereocenters. The van der Waals surface area contributed by atoms with Crippen molar-refractivity contribution in [3.63, 3.8) is 0 Å². The number of aromatic nitrogens is 2. The van der Waals surface area contributed by atoms with Crippen molar-refractivity contribution in [1.82, 2.24) is 9.97 Å². The fourth-order valence-corrected chi connectivity index (χ4v) is 1.94. The molecule has 64 valence electrons. The summed E-state index contributed by atoms with van der Waals surface area (Å²) in [5.41, 5.74) is 2.98. The van der Waals surface area contributed by atoms with E-state index in [4.69, 9.17) is 0 Å². The summed E-state index contributed by atoms with van der Waals surface area (Å²) in [5, 5.41) is 9.59. The van der Waals surface area contributed by atoms with Gasteiger partial charge in [-0.15, -0.1) is 0 Å². The standard InChI is InChI=1S/C9H12N2O/c1-5-3-7(12)9-8(5)6(2)10-4-11-9/h4-5,7,12H,3H2,1-2H3/t5-,7+/m0/s1. The van der Waals surface area contributed by atoms with Crippen molar-refractivity contribution < 1.29 is 5.11 Å². The second kappa shape index (κ2) is 2.52. The van der Waals surface area contributed by atoms with Crippen LogP contribution in [-0.2, 0) is 0 Å². The number of fused-ring (bicyclic) bond motifs is 1. The Kier molecular flexibility index (Phi) is 1.61. The van der Waals surface area contributed by atoms with Crippen LogP contribution in [-0.4, -0.2) is 15.1 Å². The SMILES string of the molecule is Cc1ncnc2c1[C@@H](C)C[C@H]2O. The van der Waals surface area contributed by atoms with E-state index in [2.05, 4.69) is 16.9 Å². The highest BCUT2D eigenvalue weighted by Crippen LogP contribution is 2.39. The van der Waals surface area contributed by atoms with Crippen LogP contribution in [0.3, 0.4) is 0 Å². The molecule has 0 spiro atoms. The fourth-order valence-electron chi connectivity index (χ4n) is 1.94. The minimum atomic E-state index is -0.378. The van der Waals surface area contributed by atoms with Gasteiger partial charge < -0.3 is 5.11 Å². The third kappa shape index (κ3) is 0.932. The topological polar surface area (TPSA) is 46.0 Å². The minimum absolute atomic E-state index is 0.378. The highest BCUT2D eigenvalue weighted by Gasteiger charge is 2.29. The Labute approximate surface area is 71.5 Å². The second-order valence-corrected chi connectivity index (χ2v) is 3.41. The van der Waals surface area contributed by atoms with Gasteiger partial charge in [0.25, 0.3) is 0 Å². The lowest BCUT2D eigenvalue weighted by molar-refractivity contribution is 0.170. The molecule has 12 heavy (non-hydrogen) atoms. The van der Waals surface area contributed by atoms with E-state index in [1.165, 1.54) is 6.33 Å². The molecule has 1 aromatic rings. The number of hydrogen-bond acceptors (Lipinski definition) is 3. The Hall–Kier alpha value is -0.960. The number of hydrogen-bond donors (Lipinski definition) is 1. The summed E-state index contributed by atoms with van der Waals surface area (Å²) in [6.45, 7) is 4.07. The number of nitrogens with zero attached hydrogens (tertiary/aromatic N) is 2. The minimum Gasteiger partial charge on any atom is -0.387 e. The molecule has 0 amide bonds. The van der Waals surface area contributed by atoms with Crippen LogP contribution in [0.25, 0.3) is 0 Å². The monoisotopic (exact) mass is 164 g/mol. The quantitative estimate of drug-likeness (QED) is 0.629. The first-order valence-electron chi connectivity index (χ1n) is 4.19. The summed E-state index contributed by atoms with van der Waals surface area (Å²) >= 11 is 0. The van der Waals surface area contributed by atoms with Crippen LogP contribution in [0.4, 0.5) is 0 Å². The normalized spacial score (nSPS) is 27.2. The molecule has 1 N–H and O–H groups in total. The molecule has 0 fully saturated rings. The van der Waals surface area contributed by atoms with Crippen molar-refractivity contribution in [2.75, 3.05) is 0 Å². The van der Waals surface area contributed by atoms with Crippen molar-refractivity contribution in [3.8, 4) is 0 Å². The molecule has 2 atom stereocenters. The van der Waals surface area contributed by atoms with Gasteiger partial charge in [-0.1, -0.05) is 6.92 Å². The highest BCUT2D eigenvalue weighted by atomic mass is 16.3. The lowest BCUT2D eigenvalue weighted by Crippen LogP contribution is -1.98. The third-order valence-corrected chi connectivity index (χ3v) is 2.50. The summed E-state index contributed by atoms with van der Waals surface area (Å²) in [6.07, 6.45) is 1.93. The molecule has 3 heteroatoms. The first kappa shape index (κ1) is 7.68. The zero-order chi connectivity index (χ0) is 8.72. The number of aliphatic hydroxyl groups excluding tert-OH is 1. The zero-order valence-corrected chi connectivity index (χ0v) is 7.28. The molecule has 0 saturated carbocycles. The molecule has 3 nitrogen and oxygen atoms in total. The van der Waals surface area contributed by atoms with E-state index in [1.807, 2.05) is 6.92 Å². The van der Waals surface area contributed by atoms with Crippen LogP contribution in [0.5, 0.6) is 0 Å². The average molecular weight is 164 g/mol. The summed E-state index contributed by atoms with van der Waals surface area (Å²) < 4.78 is 0. The zero-order valence-electron chi connectivity index (χ0n) is 7.28. The lowest BCUT2D eigenvalue weighted by atomic mass is 10.0. The third-order valence-electron chi connectivity index (χ3n) is 2.50.